The second-order valence-corrected chi connectivity index (χ2v) is 5.22. The molecule has 3 nitrogen and oxygen atoms in total. The number of methoxy groups -OCH3 is 1. The minimum absolute atomic E-state index is 0.101. The van der Waals surface area contributed by atoms with E-state index < -0.39 is 0 Å². The lowest BCUT2D eigenvalue weighted by atomic mass is 9.87. The summed E-state index contributed by atoms with van der Waals surface area (Å²) in [6.45, 7) is 5.14. The van der Waals surface area contributed by atoms with Gasteiger partial charge < -0.3 is 14.8 Å². The predicted molar refractivity (Wildman–Crippen MR) is 73.1 cm³/mol. The molecule has 0 amide bonds. The first kappa shape index (κ1) is 13.4. The van der Waals surface area contributed by atoms with Gasteiger partial charge in [-0.15, -0.1) is 0 Å². The molecule has 0 aliphatic carbocycles. The molecule has 100 valence electrons. The van der Waals surface area contributed by atoms with E-state index in [-0.39, 0.29) is 11.6 Å². The van der Waals surface area contributed by atoms with Crippen LogP contribution in [0, 0.1) is 6.92 Å². The highest BCUT2D eigenvalue weighted by atomic mass is 16.5. The number of nitrogens with one attached hydrogen (secondary N) is 1. The second kappa shape index (κ2) is 5.29. The average molecular weight is 249 g/mol. The summed E-state index contributed by atoms with van der Waals surface area (Å²) >= 11 is 0. The van der Waals surface area contributed by atoms with Gasteiger partial charge in [0, 0.05) is 6.61 Å². The minimum Gasteiger partial charge on any atom is -0.496 e. The van der Waals surface area contributed by atoms with Crippen LogP contribution >= 0.6 is 0 Å². The fraction of sp³-hybridized carbons (Fsp3) is 0.600. The highest BCUT2D eigenvalue weighted by molar-refractivity contribution is 5.38. The van der Waals surface area contributed by atoms with E-state index >= 15 is 0 Å². The third-order valence-corrected chi connectivity index (χ3v) is 3.90. The molecule has 0 aromatic heterocycles. The van der Waals surface area contributed by atoms with Crippen LogP contribution in [-0.2, 0) is 4.74 Å². The molecule has 1 aliphatic rings. The van der Waals surface area contributed by atoms with Crippen LogP contribution in [0.1, 0.15) is 36.9 Å². The van der Waals surface area contributed by atoms with Crippen molar-refractivity contribution in [2.75, 3.05) is 20.8 Å². The van der Waals surface area contributed by atoms with Crippen molar-refractivity contribution in [3.05, 3.63) is 29.3 Å². The molecule has 3 heteroatoms. The topological polar surface area (TPSA) is 30.5 Å². The molecule has 0 saturated carbocycles. The van der Waals surface area contributed by atoms with Gasteiger partial charge in [0.2, 0.25) is 0 Å². The first-order valence-corrected chi connectivity index (χ1v) is 6.56. The normalized spacial score (nSPS) is 25.1. The molecule has 1 aromatic carbocycles. The summed E-state index contributed by atoms with van der Waals surface area (Å²) in [5.41, 5.74) is 2.33. The van der Waals surface area contributed by atoms with Crippen LogP contribution in [0.25, 0.3) is 0 Å². The number of benzene rings is 1. The molecule has 18 heavy (non-hydrogen) atoms. The summed E-state index contributed by atoms with van der Waals surface area (Å²) in [5.74, 6) is 0.936. The van der Waals surface area contributed by atoms with E-state index in [1.807, 2.05) is 13.1 Å². The monoisotopic (exact) mass is 249 g/mol. The summed E-state index contributed by atoms with van der Waals surface area (Å²) < 4.78 is 11.3. The maximum absolute atomic E-state index is 5.95. The summed E-state index contributed by atoms with van der Waals surface area (Å²) in [6.07, 6.45) is 2.24. The molecule has 0 bridgehead atoms. The van der Waals surface area contributed by atoms with Gasteiger partial charge in [-0.05, 0) is 50.9 Å². The van der Waals surface area contributed by atoms with Crippen molar-refractivity contribution in [2.24, 2.45) is 0 Å². The lowest BCUT2D eigenvalue weighted by Crippen LogP contribution is -2.39. The zero-order chi connectivity index (χ0) is 13.2. The Morgan fingerprint density at radius 3 is 2.72 bits per heavy atom. The van der Waals surface area contributed by atoms with Crippen LogP contribution in [-0.4, -0.2) is 26.4 Å². The fourth-order valence-electron chi connectivity index (χ4n) is 2.93. The van der Waals surface area contributed by atoms with Gasteiger partial charge in [-0.1, -0.05) is 12.1 Å². The van der Waals surface area contributed by atoms with Gasteiger partial charge in [0.05, 0.1) is 18.8 Å². The molecule has 2 unspecified atom stereocenters. The van der Waals surface area contributed by atoms with E-state index in [2.05, 4.69) is 31.3 Å². The molecule has 1 aliphatic heterocycles. The van der Waals surface area contributed by atoms with Gasteiger partial charge in [-0.3, -0.25) is 0 Å². The van der Waals surface area contributed by atoms with Crippen molar-refractivity contribution in [2.45, 2.75) is 38.3 Å². The van der Waals surface area contributed by atoms with E-state index in [4.69, 9.17) is 9.47 Å². The Balaban J connectivity index is 2.30. The van der Waals surface area contributed by atoms with Crippen LogP contribution in [0.5, 0.6) is 5.75 Å². The van der Waals surface area contributed by atoms with Crippen molar-refractivity contribution < 1.29 is 9.47 Å². The van der Waals surface area contributed by atoms with Gasteiger partial charge in [-0.25, -0.2) is 0 Å². The summed E-state index contributed by atoms with van der Waals surface area (Å²) in [7, 11) is 3.70. The molecule has 1 aromatic rings. The molecule has 0 radical (unpaired) electrons. The second-order valence-electron chi connectivity index (χ2n) is 5.22. The van der Waals surface area contributed by atoms with Crippen LogP contribution < -0.4 is 10.1 Å². The number of likely N-dealkylation sites (N-methyl/N-ethyl adjacent to an activating group) is 1. The molecule has 1 fully saturated rings. The SMILES string of the molecule is CNC(c1ccc(OC)c(C)c1)C1(C)CCCO1. The Hall–Kier alpha value is -1.06. The Morgan fingerprint density at radius 1 is 1.44 bits per heavy atom. The zero-order valence-corrected chi connectivity index (χ0v) is 11.7. The van der Waals surface area contributed by atoms with Crippen LogP contribution in [0.2, 0.25) is 0 Å². The van der Waals surface area contributed by atoms with E-state index in [0.29, 0.717) is 0 Å². The van der Waals surface area contributed by atoms with E-state index in [1.165, 1.54) is 5.56 Å². The number of hydrogen-bond acceptors (Lipinski definition) is 3. The number of aryl methyl sites for hydroxylation is 1. The Kier molecular flexibility index (Phi) is 3.93. The molecular weight excluding hydrogens is 226 g/mol. The van der Waals surface area contributed by atoms with Gasteiger partial charge in [-0.2, -0.15) is 0 Å². The summed E-state index contributed by atoms with van der Waals surface area (Å²) in [6, 6.07) is 6.57. The summed E-state index contributed by atoms with van der Waals surface area (Å²) in [5, 5.41) is 3.40. The van der Waals surface area contributed by atoms with E-state index in [9.17, 15) is 0 Å². The van der Waals surface area contributed by atoms with Gasteiger partial charge >= 0.3 is 0 Å². The predicted octanol–water partition coefficient (Wildman–Crippen LogP) is 2.83. The van der Waals surface area contributed by atoms with E-state index in [1.54, 1.807) is 7.11 Å². The van der Waals surface area contributed by atoms with Crippen molar-refractivity contribution in [3.63, 3.8) is 0 Å². The third-order valence-electron chi connectivity index (χ3n) is 3.90. The van der Waals surface area contributed by atoms with Crippen molar-refractivity contribution in [1.29, 1.82) is 0 Å². The van der Waals surface area contributed by atoms with Crippen LogP contribution in [0.4, 0.5) is 0 Å². The molecule has 1 saturated heterocycles. The van der Waals surface area contributed by atoms with Crippen molar-refractivity contribution in [1.82, 2.24) is 5.32 Å². The molecule has 1 heterocycles. The molecule has 1 N–H and O–H groups in total. The standard InChI is InChI=1S/C15H23NO2/c1-11-10-12(6-7-13(11)17-4)14(16-3)15(2)8-5-9-18-15/h6-7,10,14,16H,5,8-9H2,1-4H3. The molecule has 2 rings (SSSR count). The lowest BCUT2D eigenvalue weighted by molar-refractivity contribution is -0.0105. The minimum atomic E-state index is -0.101. The van der Waals surface area contributed by atoms with Crippen LogP contribution in [0.15, 0.2) is 18.2 Å². The molecular formula is C15H23NO2. The van der Waals surface area contributed by atoms with Gasteiger partial charge in [0.15, 0.2) is 0 Å². The molecule has 2 atom stereocenters. The summed E-state index contributed by atoms with van der Waals surface area (Å²) in [4.78, 5) is 0. The highest BCUT2D eigenvalue weighted by Crippen LogP contribution is 2.38. The third kappa shape index (κ3) is 2.38. The maximum Gasteiger partial charge on any atom is 0.121 e. The highest BCUT2D eigenvalue weighted by Gasteiger charge is 2.38. The van der Waals surface area contributed by atoms with E-state index in [0.717, 1.165) is 30.8 Å². The van der Waals surface area contributed by atoms with Crippen molar-refractivity contribution in [3.8, 4) is 5.75 Å². The largest absolute Gasteiger partial charge is 0.496 e. The van der Waals surface area contributed by atoms with Gasteiger partial charge in [0.1, 0.15) is 5.75 Å². The maximum atomic E-state index is 5.95. The first-order chi connectivity index (χ1) is 8.60. The smallest absolute Gasteiger partial charge is 0.121 e. The number of hydrogen-bond donors (Lipinski definition) is 1. The number of ether oxygens (including phenoxy) is 2. The quantitative estimate of drug-likeness (QED) is 0.890. The lowest BCUT2D eigenvalue weighted by Gasteiger charge is -2.33. The van der Waals surface area contributed by atoms with Crippen molar-refractivity contribution >= 4 is 0 Å². The Bertz CT molecular complexity index is 411. The average Bonchev–Trinajstić information content (AvgIpc) is 2.78. The zero-order valence-electron chi connectivity index (χ0n) is 11.7. The molecule has 0 spiro atoms. The first-order valence-electron chi connectivity index (χ1n) is 6.56. The number of rotatable bonds is 4. The fourth-order valence-corrected chi connectivity index (χ4v) is 2.93. The Labute approximate surface area is 109 Å². The van der Waals surface area contributed by atoms with Crippen LogP contribution in [0.3, 0.4) is 0 Å². The van der Waals surface area contributed by atoms with Gasteiger partial charge in [0.25, 0.3) is 0 Å². The Morgan fingerprint density at radius 2 is 2.22 bits per heavy atom.